The summed E-state index contributed by atoms with van der Waals surface area (Å²) >= 11 is 0. The maximum absolute atomic E-state index is 15.3. The first-order valence-corrected chi connectivity index (χ1v) is 10.8. The van der Waals surface area contributed by atoms with E-state index in [9.17, 15) is 0 Å². The van der Waals surface area contributed by atoms with E-state index in [1.54, 1.807) is 0 Å². The van der Waals surface area contributed by atoms with Crippen molar-refractivity contribution in [1.82, 2.24) is 19.4 Å². The molecule has 2 fully saturated rings. The number of likely N-dealkylation sites (tertiary alicyclic amines) is 1. The number of aryl methyl sites for hydroxylation is 1. The molecule has 0 bridgehead atoms. The summed E-state index contributed by atoms with van der Waals surface area (Å²) in [5.41, 5.74) is 1.43. The van der Waals surface area contributed by atoms with E-state index in [1.807, 2.05) is 39.4 Å². The van der Waals surface area contributed by atoms with E-state index in [1.165, 1.54) is 12.8 Å². The fraction of sp³-hybridized carbons (Fsp3) is 0.500. The van der Waals surface area contributed by atoms with E-state index >= 15 is 4.39 Å². The number of benzene rings is 1. The number of halogens is 1. The van der Waals surface area contributed by atoms with Gasteiger partial charge >= 0.3 is 0 Å². The lowest BCUT2D eigenvalue weighted by Crippen LogP contribution is -2.66. The highest BCUT2D eigenvalue weighted by Crippen LogP contribution is 2.47. The van der Waals surface area contributed by atoms with E-state index in [2.05, 4.69) is 49.9 Å². The van der Waals surface area contributed by atoms with Crippen LogP contribution in [-0.2, 0) is 7.05 Å². The molecular formula is C24H30FN5. The van der Waals surface area contributed by atoms with Gasteiger partial charge in [-0.3, -0.25) is 4.90 Å². The SMILES string of the molecule is Cc1ncc(-c2ccc3cnc(NC(C)C4(F)CN(CC5(C)CC5)C4)cc3c2)n1C. The maximum Gasteiger partial charge on any atom is 0.155 e. The minimum absolute atomic E-state index is 0.284. The van der Waals surface area contributed by atoms with E-state index < -0.39 is 5.67 Å². The molecule has 0 spiro atoms. The van der Waals surface area contributed by atoms with Crippen molar-refractivity contribution in [3.8, 4) is 11.3 Å². The summed E-state index contributed by atoms with van der Waals surface area (Å²) in [7, 11) is 2.02. The molecule has 5 nitrogen and oxygen atoms in total. The summed E-state index contributed by atoms with van der Waals surface area (Å²) in [6.07, 6.45) is 6.31. The molecule has 3 heterocycles. The van der Waals surface area contributed by atoms with Crippen LogP contribution in [-0.4, -0.2) is 50.8 Å². The molecule has 6 heteroatoms. The summed E-state index contributed by atoms with van der Waals surface area (Å²) in [5, 5.41) is 5.47. The number of nitrogens with one attached hydrogen (secondary N) is 1. The predicted molar refractivity (Wildman–Crippen MR) is 119 cm³/mol. The van der Waals surface area contributed by atoms with E-state index in [0.29, 0.717) is 18.5 Å². The quantitative estimate of drug-likeness (QED) is 0.650. The lowest BCUT2D eigenvalue weighted by molar-refractivity contribution is -0.0499. The van der Waals surface area contributed by atoms with Crippen LogP contribution in [0.2, 0.25) is 0 Å². The fourth-order valence-electron chi connectivity index (χ4n) is 4.49. The second-order valence-electron chi connectivity index (χ2n) is 9.74. The number of hydrogen-bond acceptors (Lipinski definition) is 4. The number of hydrogen-bond donors (Lipinski definition) is 1. The molecule has 1 atom stereocenters. The van der Waals surface area contributed by atoms with Crippen LogP contribution in [0.4, 0.5) is 10.2 Å². The monoisotopic (exact) mass is 407 g/mol. The third-order valence-electron chi connectivity index (χ3n) is 7.06. The molecule has 2 aliphatic rings. The van der Waals surface area contributed by atoms with E-state index in [4.69, 9.17) is 0 Å². The summed E-state index contributed by atoms with van der Waals surface area (Å²) in [5.74, 6) is 1.70. The van der Waals surface area contributed by atoms with Crippen molar-refractivity contribution in [3.05, 3.63) is 42.5 Å². The third kappa shape index (κ3) is 3.47. The van der Waals surface area contributed by atoms with Crippen LogP contribution in [0.3, 0.4) is 0 Å². The first-order valence-electron chi connectivity index (χ1n) is 10.8. The van der Waals surface area contributed by atoms with Crippen LogP contribution in [0, 0.1) is 12.3 Å². The van der Waals surface area contributed by atoms with E-state index in [0.717, 1.165) is 40.2 Å². The van der Waals surface area contributed by atoms with Gasteiger partial charge < -0.3 is 9.88 Å². The highest BCUT2D eigenvalue weighted by Gasteiger charge is 2.51. The Morgan fingerprint density at radius 3 is 2.57 bits per heavy atom. The Morgan fingerprint density at radius 1 is 1.13 bits per heavy atom. The van der Waals surface area contributed by atoms with Gasteiger partial charge in [0.05, 0.1) is 17.9 Å². The van der Waals surface area contributed by atoms with Gasteiger partial charge in [-0.05, 0) is 49.6 Å². The molecule has 1 aliphatic carbocycles. The number of anilines is 1. The Balaban J connectivity index is 1.31. The fourth-order valence-corrected chi connectivity index (χ4v) is 4.49. The van der Waals surface area contributed by atoms with Crippen LogP contribution in [0.15, 0.2) is 36.7 Å². The lowest BCUT2D eigenvalue weighted by Gasteiger charge is -2.48. The van der Waals surface area contributed by atoms with Gasteiger partial charge in [-0.1, -0.05) is 19.1 Å². The predicted octanol–water partition coefficient (Wildman–Crippen LogP) is 4.57. The molecule has 1 N–H and O–H groups in total. The smallest absolute Gasteiger partial charge is 0.155 e. The molecule has 1 unspecified atom stereocenters. The topological polar surface area (TPSA) is 46.0 Å². The highest BCUT2D eigenvalue weighted by molar-refractivity contribution is 5.88. The zero-order chi connectivity index (χ0) is 21.1. The number of pyridine rings is 1. The van der Waals surface area contributed by atoms with Crippen molar-refractivity contribution in [1.29, 1.82) is 0 Å². The summed E-state index contributed by atoms with van der Waals surface area (Å²) in [6, 6.07) is 8.05. The van der Waals surface area contributed by atoms with Gasteiger partial charge in [-0.15, -0.1) is 0 Å². The van der Waals surface area contributed by atoms with Gasteiger partial charge in [0.2, 0.25) is 0 Å². The second-order valence-corrected chi connectivity index (χ2v) is 9.74. The van der Waals surface area contributed by atoms with Gasteiger partial charge in [0.25, 0.3) is 0 Å². The lowest BCUT2D eigenvalue weighted by atomic mass is 9.87. The average Bonchev–Trinajstić information content (AvgIpc) is 3.33. The largest absolute Gasteiger partial charge is 0.364 e. The Morgan fingerprint density at radius 2 is 1.90 bits per heavy atom. The van der Waals surface area contributed by atoms with E-state index in [-0.39, 0.29) is 6.04 Å². The van der Waals surface area contributed by atoms with Crippen molar-refractivity contribution >= 4 is 16.6 Å². The molecule has 158 valence electrons. The van der Waals surface area contributed by atoms with Crippen LogP contribution in [0.5, 0.6) is 0 Å². The van der Waals surface area contributed by atoms with Crippen molar-refractivity contribution < 1.29 is 4.39 Å². The molecule has 0 radical (unpaired) electrons. The molecule has 5 rings (SSSR count). The van der Waals surface area contributed by atoms with Crippen LogP contribution in [0.25, 0.3) is 22.0 Å². The van der Waals surface area contributed by atoms with Crippen LogP contribution >= 0.6 is 0 Å². The minimum Gasteiger partial charge on any atom is -0.364 e. The average molecular weight is 408 g/mol. The number of rotatable bonds is 6. The number of imidazole rings is 1. The Hall–Kier alpha value is -2.47. The number of nitrogens with zero attached hydrogens (tertiary/aromatic N) is 4. The van der Waals surface area contributed by atoms with Gasteiger partial charge in [-0.25, -0.2) is 14.4 Å². The van der Waals surface area contributed by atoms with Gasteiger partial charge in [0.15, 0.2) is 5.67 Å². The third-order valence-corrected chi connectivity index (χ3v) is 7.06. The molecule has 0 amide bonds. The molecule has 30 heavy (non-hydrogen) atoms. The Labute approximate surface area is 177 Å². The molecule has 1 aliphatic heterocycles. The molecular weight excluding hydrogens is 377 g/mol. The highest BCUT2D eigenvalue weighted by atomic mass is 19.1. The summed E-state index contributed by atoms with van der Waals surface area (Å²) < 4.78 is 17.4. The maximum atomic E-state index is 15.3. The first kappa shape index (κ1) is 19.5. The standard InChI is InChI=1S/C24H30FN5/c1-16(24(25)14-30(15-24)13-23(3)7-8-23)28-22-10-20-9-18(5-6-19(20)11-27-22)21-12-26-17(2)29(21)4/h5-6,9-12,16H,7-8,13-15H2,1-4H3,(H,27,28). The molecule has 1 aromatic carbocycles. The number of alkyl halides is 1. The zero-order valence-electron chi connectivity index (χ0n) is 18.2. The Kier molecular flexibility index (Phi) is 4.40. The molecule has 1 saturated heterocycles. The number of aromatic nitrogens is 3. The second kappa shape index (κ2) is 6.77. The van der Waals surface area contributed by atoms with Crippen LogP contribution < -0.4 is 5.32 Å². The molecule has 1 saturated carbocycles. The van der Waals surface area contributed by atoms with Crippen molar-refractivity contribution in [2.75, 3.05) is 25.0 Å². The minimum atomic E-state index is -1.20. The van der Waals surface area contributed by atoms with Gasteiger partial charge in [0.1, 0.15) is 11.6 Å². The van der Waals surface area contributed by atoms with Crippen LogP contribution in [0.1, 0.15) is 32.5 Å². The van der Waals surface area contributed by atoms with Gasteiger partial charge in [-0.2, -0.15) is 0 Å². The van der Waals surface area contributed by atoms with Crippen molar-refractivity contribution in [2.24, 2.45) is 12.5 Å². The number of fused-ring (bicyclic) bond motifs is 1. The molecule has 3 aromatic rings. The normalized spacial score (nSPS) is 20.7. The molecule has 2 aromatic heterocycles. The summed E-state index contributed by atoms with van der Waals surface area (Å²) in [4.78, 5) is 11.2. The van der Waals surface area contributed by atoms with Gasteiger partial charge in [0, 0.05) is 43.8 Å². The summed E-state index contributed by atoms with van der Waals surface area (Å²) in [6.45, 7) is 8.26. The Bertz CT molecular complexity index is 1090. The van der Waals surface area contributed by atoms with Crippen molar-refractivity contribution in [3.63, 3.8) is 0 Å². The van der Waals surface area contributed by atoms with Crippen molar-refractivity contribution in [2.45, 2.75) is 45.3 Å². The zero-order valence-corrected chi connectivity index (χ0v) is 18.2. The first-order chi connectivity index (χ1) is 14.2.